The molecule has 1 N–H and O–H groups in total. The van der Waals surface area contributed by atoms with Crippen molar-refractivity contribution in [1.82, 2.24) is 4.98 Å². The molecule has 0 aliphatic carbocycles. The molecule has 1 aromatic heterocycles. The molecular weight excluding hydrogens is 608 g/mol. The number of Topliss-reactive ketones (excluding diaryl/α,β-unsaturated/α-hetero) is 1. The van der Waals surface area contributed by atoms with Gasteiger partial charge in [0.15, 0.2) is 16.6 Å². The summed E-state index contributed by atoms with van der Waals surface area (Å²) in [7, 11) is 2.96. The molecule has 1 atom stereocenters. The number of benzene rings is 3. The van der Waals surface area contributed by atoms with Gasteiger partial charge < -0.3 is 24.1 Å². The van der Waals surface area contributed by atoms with E-state index in [-0.39, 0.29) is 27.9 Å². The van der Waals surface area contributed by atoms with Gasteiger partial charge in [-0.05, 0) is 60.9 Å². The normalized spacial score (nSPS) is 15.5. The minimum atomic E-state index is -1.11. The number of aliphatic hydroxyl groups is 1. The molecular formula is C35H32N2O8S. The number of aryl methyl sites for hydroxylation is 2. The predicted octanol–water partition coefficient (Wildman–Crippen LogP) is 6.33. The monoisotopic (exact) mass is 640 g/mol. The highest BCUT2D eigenvalue weighted by molar-refractivity contribution is 7.17. The van der Waals surface area contributed by atoms with E-state index in [1.807, 2.05) is 37.3 Å². The van der Waals surface area contributed by atoms with Crippen molar-refractivity contribution in [3.63, 3.8) is 0 Å². The van der Waals surface area contributed by atoms with Crippen LogP contribution in [0.1, 0.15) is 43.7 Å². The Bertz CT molecular complexity index is 1850. The van der Waals surface area contributed by atoms with Crippen LogP contribution in [0.15, 0.2) is 85.0 Å². The number of methoxy groups -OCH3 is 2. The minimum Gasteiger partial charge on any atom is -0.507 e. The lowest BCUT2D eigenvalue weighted by Crippen LogP contribution is -2.29. The first-order valence-corrected chi connectivity index (χ1v) is 15.1. The van der Waals surface area contributed by atoms with E-state index in [2.05, 4.69) is 11.6 Å². The van der Waals surface area contributed by atoms with E-state index in [1.54, 1.807) is 43.3 Å². The summed E-state index contributed by atoms with van der Waals surface area (Å²) in [5, 5.41) is 11.8. The molecule has 0 spiro atoms. The van der Waals surface area contributed by atoms with E-state index >= 15 is 0 Å². The van der Waals surface area contributed by atoms with Crippen molar-refractivity contribution in [2.45, 2.75) is 26.5 Å². The van der Waals surface area contributed by atoms with Crippen LogP contribution in [0.25, 0.3) is 5.76 Å². The summed E-state index contributed by atoms with van der Waals surface area (Å²) in [5.74, 6) is -1.45. The molecule has 0 unspecified atom stereocenters. The zero-order chi connectivity index (χ0) is 33.0. The number of hydrogen-bond acceptors (Lipinski definition) is 10. The van der Waals surface area contributed by atoms with Crippen molar-refractivity contribution in [3.8, 4) is 17.2 Å². The molecule has 0 bridgehead atoms. The van der Waals surface area contributed by atoms with E-state index in [0.717, 1.165) is 22.5 Å². The summed E-state index contributed by atoms with van der Waals surface area (Å²) in [5.41, 5.74) is 2.65. The van der Waals surface area contributed by atoms with Crippen LogP contribution in [0.2, 0.25) is 0 Å². The highest BCUT2D eigenvalue weighted by Crippen LogP contribution is 2.45. The smallest absolute Gasteiger partial charge is 0.350 e. The Morgan fingerprint density at radius 3 is 2.39 bits per heavy atom. The van der Waals surface area contributed by atoms with Gasteiger partial charge in [0.25, 0.3) is 5.78 Å². The average Bonchev–Trinajstić information content (AvgIpc) is 3.58. The zero-order valence-electron chi connectivity index (χ0n) is 25.7. The number of rotatable bonds is 11. The maximum Gasteiger partial charge on any atom is 0.350 e. The standard InChI is InChI=1S/C35H32N2O8S/c1-6-16-44-34(41)32-21(3)36-35(46-32)37-29(23-12-15-26(42-4)27(18-23)43-5)28(31(39)33(37)40)30(38)24-13-14-25(20(2)17-24)45-19-22-10-8-7-9-11-22/h6-15,17-18,29,38H,1,16,19H2,2-5H3/b30-28+/t29-/m1/s1. The molecule has 4 aromatic rings. The number of carbonyl (C=O) groups excluding carboxylic acids is 3. The van der Waals surface area contributed by atoms with E-state index < -0.39 is 23.7 Å². The molecule has 1 fully saturated rings. The van der Waals surface area contributed by atoms with Crippen LogP contribution in [-0.4, -0.2) is 48.6 Å². The van der Waals surface area contributed by atoms with Crippen LogP contribution in [0.5, 0.6) is 17.2 Å². The molecule has 0 radical (unpaired) electrons. The van der Waals surface area contributed by atoms with Crippen molar-refractivity contribution in [3.05, 3.63) is 118 Å². The molecule has 2 heterocycles. The van der Waals surface area contributed by atoms with Gasteiger partial charge in [-0.2, -0.15) is 0 Å². The summed E-state index contributed by atoms with van der Waals surface area (Å²) < 4.78 is 22.1. The average molecular weight is 641 g/mol. The van der Waals surface area contributed by atoms with Crippen LogP contribution >= 0.6 is 11.3 Å². The van der Waals surface area contributed by atoms with Crippen LogP contribution in [0.4, 0.5) is 5.13 Å². The first-order chi connectivity index (χ1) is 22.2. The number of esters is 1. The summed E-state index contributed by atoms with van der Waals surface area (Å²) in [6.45, 7) is 7.34. The van der Waals surface area contributed by atoms with Gasteiger partial charge in [0.1, 0.15) is 29.6 Å². The van der Waals surface area contributed by atoms with Crippen molar-refractivity contribution in [2.24, 2.45) is 0 Å². The second-order valence-electron chi connectivity index (χ2n) is 10.3. The van der Waals surface area contributed by atoms with Crippen molar-refractivity contribution in [2.75, 3.05) is 25.7 Å². The topological polar surface area (TPSA) is 124 Å². The SMILES string of the molecule is C=CCOC(=O)c1sc(N2C(=O)C(=O)/C(=C(/O)c3ccc(OCc4ccccc4)c(C)c3)[C@H]2c2ccc(OC)c(OC)c2)nc1C. The summed E-state index contributed by atoms with van der Waals surface area (Å²) in [6, 6.07) is 18.6. The number of amides is 1. The highest BCUT2D eigenvalue weighted by atomic mass is 32.1. The lowest BCUT2D eigenvalue weighted by Gasteiger charge is -2.24. The molecule has 1 aliphatic heterocycles. The first-order valence-electron chi connectivity index (χ1n) is 14.2. The van der Waals surface area contributed by atoms with Gasteiger partial charge in [0.05, 0.1) is 31.5 Å². The van der Waals surface area contributed by atoms with Crippen molar-refractivity contribution < 1.29 is 38.4 Å². The van der Waals surface area contributed by atoms with Gasteiger partial charge in [0.2, 0.25) is 0 Å². The molecule has 1 saturated heterocycles. The van der Waals surface area contributed by atoms with Gasteiger partial charge >= 0.3 is 11.9 Å². The zero-order valence-corrected chi connectivity index (χ0v) is 26.6. The van der Waals surface area contributed by atoms with Gasteiger partial charge in [-0.15, -0.1) is 0 Å². The Kier molecular flexibility index (Phi) is 9.53. The summed E-state index contributed by atoms with van der Waals surface area (Å²) >= 11 is 0.911. The molecule has 236 valence electrons. The number of aromatic nitrogens is 1. The fourth-order valence-corrected chi connectivity index (χ4v) is 6.08. The Morgan fingerprint density at radius 2 is 1.72 bits per heavy atom. The quantitative estimate of drug-likeness (QED) is 0.0659. The second kappa shape index (κ2) is 13.7. The molecule has 1 amide bonds. The predicted molar refractivity (Wildman–Crippen MR) is 174 cm³/mol. The van der Waals surface area contributed by atoms with Crippen LogP contribution in [0, 0.1) is 13.8 Å². The summed E-state index contributed by atoms with van der Waals surface area (Å²) in [6.07, 6.45) is 1.44. The number of thiazole rings is 1. The van der Waals surface area contributed by atoms with E-state index in [9.17, 15) is 19.5 Å². The highest BCUT2D eigenvalue weighted by Gasteiger charge is 2.48. The minimum absolute atomic E-state index is 0.00281. The third-order valence-corrected chi connectivity index (χ3v) is 8.50. The number of aliphatic hydroxyl groups excluding tert-OH is 1. The number of ketones is 1. The van der Waals surface area contributed by atoms with E-state index in [1.165, 1.54) is 25.2 Å². The Labute approximate surface area is 270 Å². The maximum absolute atomic E-state index is 13.7. The van der Waals surface area contributed by atoms with Crippen LogP contribution in [-0.2, 0) is 20.9 Å². The molecule has 10 nitrogen and oxygen atoms in total. The first kappa shape index (κ1) is 32.0. The number of hydrogen-bond donors (Lipinski definition) is 1. The fourth-order valence-electron chi connectivity index (χ4n) is 5.09. The number of anilines is 1. The Morgan fingerprint density at radius 1 is 1.00 bits per heavy atom. The largest absolute Gasteiger partial charge is 0.507 e. The van der Waals surface area contributed by atoms with E-state index in [4.69, 9.17) is 18.9 Å². The number of nitrogens with zero attached hydrogens (tertiary/aromatic N) is 2. The van der Waals surface area contributed by atoms with Gasteiger partial charge in [-0.3, -0.25) is 14.5 Å². The van der Waals surface area contributed by atoms with Crippen LogP contribution in [0.3, 0.4) is 0 Å². The van der Waals surface area contributed by atoms with Gasteiger partial charge in [-0.25, -0.2) is 9.78 Å². The molecule has 3 aromatic carbocycles. The van der Waals surface area contributed by atoms with Crippen molar-refractivity contribution in [1.29, 1.82) is 0 Å². The Hall–Kier alpha value is -5.42. The molecule has 11 heteroatoms. The molecule has 46 heavy (non-hydrogen) atoms. The second-order valence-corrected chi connectivity index (χ2v) is 11.3. The third-order valence-electron chi connectivity index (χ3n) is 7.36. The maximum atomic E-state index is 13.7. The third kappa shape index (κ3) is 6.22. The van der Waals surface area contributed by atoms with Crippen molar-refractivity contribution >= 4 is 39.9 Å². The molecule has 0 saturated carbocycles. The molecule has 5 rings (SSSR count). The summed E-state index contributed by atoms with van der Waals surface area (Å²) in [4.78, 5) is 45.9. The van der Waals surface area contributed by atoms with Gasteiger partial charge in [-0.1, -0.05) is 60.4 Å². The fraction of sp³-hybridized carbons (Fsp3) is 0.200. The number of ether oxygens (including phenoxy) is 4. The molecule has 1 aliphatic rings. The Balaban J connectivity index is 1.60. The van der Waals surface area contributed by atoms with Gasteiger partial charge in [0, 0.05) is 5.56 Å². The number of carbonyl (C=O) groups is 3. The van der Waals surface area contributed by atoms with Crippen LogP contribution < -0.4 is 19.1 Å². The lowest BCUT2D eigenvalue weighted by atomic mass is 9.94. The lowest BCUT2D eigenvalue weighted by molar-refractivity contribution is -0.132. The van der Waals surface area contributed by atoms with E-state index in [0.29, 0.717) is 40.7 Å².